The van der Waals surface area contributed by atoms with Crippen molar-refractivity contribution in [2.75, 3.05) is 13.1 Å². The fraction of sp³-hybridized carbons (Fsp3) is 0.417. The zero-order chi connectivity index (χ0) is 16.3. The third-order valence-electron chi connectivity index (χ3n) is 2.92. The Balaban J connectivity index is 1.77. The van der Waals surface area contributed by atoms with E-state index in [1.807, 2.05) is 0 Å². The van der Waals surface area contributed by atoms with Crippen LogP contribution in [0.1, 0.15) is 5.56 Å². The Hall–Kier alpha value is -2.20. The summed E-state index contributed by atoms with van der Waals surface area (Å²) in [7, 11) is 0. The van der Waals surface area contributed by atoms with Crippen LogP contribution < -0.4 is 0 Å². The van der Waals surface area contributed by atoms with Crippen molar-refractivity contribution in [1.82, 2.24) is 5.06 Å². The number of nitro groups is 1. The highest BCUT2D eigenvalue weighted by Gasteiger charge is 2.44. The van der Waals surface area contributed by atoms with Crippen molar-refractivity contribution in [2.45, 2.75) is 18.9 Å². The van der Waals surface area contributed by atoms with Gasteiger partial charge in [-0.3, -0.25) is 10.1 Å². The molecule has 0 aliphatic carbocycles. The number of hydrogen-bond acceptors (Lipinski definition) is 6. The highest BCUT2D eigenvalue weighted by Crippen LogP contribution is 2.23. The third kappa shape index (κ3) is 3.92. The third-order valence-corrected chi connectivity index (χ3v) is 2.92. The quantitative estimate of drug-likeness (QED) is 0.608. The SMILES string of the molecule is O=C(ON1CC(OCc2ccccc2[N+](=O)[O-])C1)C(F)(F)F. The number of ether oxygens (including phenoxy) is 1. The van der Waals surface area contributed by atoms with Gasteiger partial charge in [-0.25, -0.2) is 4.79 Å². The normalized spacial score (nSPS) is 16.1. The van der Waals surface area contributed by atoms with Crippen LogP contribution in [-0.2, 0) is 21.0 Å². The van der Waals surface area contributed by atoms with Crippen LogP contribution in [0.5, 0.6) is 0 Å². The fourth-order valence-electron chi connectivity index (χ4n) is 1.77. The van der Waals surface area contributed by atoms with Crippen molar-refractivity contribution in [1.29, 1.82) is 0 Å². The molecule has 2 rings (SSSR count). The van der Waals surface area contributed by atoms with Gasteiger partial charge in [-0.1, -0.05) is 12.1 Å². The molecule has 7 nitrogen and oxygen atoms in total. The number of hydrogen-bond donors (Lipinski definition) is 0. The Bertz CT molecular complexity index is 572. The maximum atomic E-state index is 12.0. The minimum Gasteiger partial charge on any atom is -0.370 e. The van der Waals surface area contributed by atoms with Gasteiger partial charge in [0.05, 0.1) is 36.3 Å². The van der Waals surface area contributed by atoms with Gasteiger partial charge in [0.1, 0.15) is 0 Å². The average Bonchev–Trinajstić information content (AvgIpc) is 2.40. The topological polar surface area (TPSA) is 81.9 Å². The van der Waals surface area contributed by atoms with Gasteiger partial charge in [0.25, 0.3) is 5.69 Å². The van der Waals surface area contributed by atoms with Gasteiger partial charge >= 0.3 is 12.1 Å². The van der Waals surface area contributed by atoms with Crippen LogP contribution in [0.2, 0.25) is 0 Å². The molecule has 1 aliphatic rings. The Labute approximate surface area is 122 Å². The summed E-state index contributed by atoms with van der Waals surface area (Å²) in [5, 5.41) is 11.6. The average molecular weight is 320 g/mol. The lowest BCUT2D eigenvalue weighted by atomic mass is 10.2. The van der Waals surface area contributed by atoms with Crippen molar-refractivity contribution < 1.29 is 32.5 Å². The first-order valence-corrected chi connectivity index (χ1v) is 6.15. The molecule has 0 unspecified atom stereocenters. The standard InChI is InChI=1S/C12H11F3N2O5/c13-12(14,15)11(18)22-16-5-9(6-16)21-7-8-3-1-2-4-10(8)17(19)20/h1-4,9H,5-7H2. The summed E-state index contributed by atoms with van der Waals surface area (Å²) in [5.74, 6) is -2.29. The van der Waals surface area contributed by atoms with Crippen molar-refractivity contribution in [3.63, 3.8) is 0 Å². The molecule has 0 aromatic heterocycles. The molecule has 0 saturated carbocycles. The van der Waals surface area contributed by atoms with E-state index < -0.39 is 23.2 Å². The van der Waals surface area contributed by atoms with E-state index in [2.05, 4.69) is 4.84 Å². The smallest absolute Gasteiger partial charge is 0.370 e. The molecule has 0 atom stereocenters. The predicted octanol–water partition coefficient (Wildman–Crippen LogP) is 1.82. The number of carbonyl (C=O) groups excluding carboxylic acids is 1. The summed E-state index contributed by atoms with van der Waals surface area (Å²) in [5.41, 5.74) is 0.264. The van der Waals surface area contributed by atoms with E-state index >= 15 is 0 Å². The van der Waals surface area contributed by atoms with Crippen molar-refractivity contribution >= 4 is 11.7 Å². The Morgan fingerprint density at radius 3 is 2.59 bits per heavy atom. The van der Waals surface area contributed by atoms with Crippen LogP contribution in [0, 0.1) is 10.1 Å². The molecule has 0 radical (unpaired) electrons. The zero-order valence-electron chi connectivity index (χ0n) is 11.1. The highest BCUT2D eigenvalue weighted by molar-refractivity contribution is 5.75. The number of carbonyl (C=O) groups is 1. The van der Waals surface area contributed by atoms with E-state index in [0.717, 1.165) is 5.06 Å². The number of para-hydroxylation sites is 1. The van der Waals surface area contributed by atoms with E-state index in [0.29, 0.717) is 5.56 Å². The van der Waals surface area contributed by atoms with Gasteiger partial charge in [0.2, 0.25) is 0 Å². The van der Waals surface area contributed by atoms with Crippen molar-refractivity contribution in [2.24, 2.45) is 0 Å². The van der Waals surface area contributed by atoms with E-state index in [1.165, 1.54) is 18.2 Å². The molecular formula is C12H11F3N2O5. The lowest BCUT2D eigenvalue weighted by molar-refractivity contribution is -0.386. The van der Waals surface area contributed by atoms with Gasteiger partial charge in [0.15, 0.2) is 0 Å². The minimum atomic E-state index is -5.05. The summed E-state index contributed by atoms with van der Waals surface area (Å²) in [4.78, 5) is 24.9. The van der Waals surface area contributed by atoms with E-state index in [1.54, 1.807) is 6.07 Å². The summed E-state index contributed by atoms with van der Waals surface area (Å²) in [6, 6.07) is 5.99. The number of halogens is 3. The Morgan fingerprint density at radius 2 is 2.00 bits per heavy atom. The molecule has 1 aliphatic heterocycles. The first-order chi connectivity index (χ1) is 10.3. The summed E-state index contributed by atoms with van der Waals surface area (Å²) >= 11 is 0. The molecular weight excluding hydrogens is 309 g/mol. The number of alkyl halides is 3. The number of nitrogens with zero attached hydrogens (tertiary/aromatic N) is 2. The van der Waals surface area contributed by atoms with Crippen LogP contribution in [0.3, 0.4) is 0 Å². The number of rotatable bonds is 5. The van der Waals surface area contributed by atoms with E-state index in [-0.39, 0.29) is 25.4 Å². The van der Waals surface area contributed by atoms with Crippen LogP contribution in [-0.4, -0.2) is 41.3 Å². The van der Waals surface area contributed by atoms with Gasteiger partial charge in [0, 0.05) is 6.07 Å². The molecule has 0 spiro atoms. The largest absolute Gasteiger partial charge is 0.492 e. The monoisotopic (exact) mass is 320 g/mol. The van der Waals surface area contributed by atoms with Crippen molar-refractivity contribution in [3.8, 4) is 0 Å². The number of hydroxylamine groups is 2. The number of nitro benzene ring substituents is 1. The minimum absolute atomic E-state index is 0.0253. The maximum absolute atomic E-state index is 12.0. The first kappa shape index (κ1) is 16.2. The molecule has 1 heterocycles. The number of benzene rings is 1. The second-order valence-corrected chi connectivity index (χ2v) is 4.54. The molecule has 10 heteroatoms. The molecule has 1 saturated heterocycles. The summed E-state index contributed by atoms with van der Waals surface area (Å²) < 4.78 is 41.2. The molecule has 1 aromatic carbocycles. The van der Waals surface area contributed by atoms with Crippen molar-refractivity contribution in [3.05, 3.63) is 39.9 Å². The molecule has 22 heavy (non-hydrogen) atoms. The molecule has 0 amide bonds. The fourth-order valence-corrected chi connectivity index (χ4v) is 1.77. The van der Waals surface area contributed by atoms with Gasteiger partial charge < -0.3 is 9.57 Å². The Morgan fingerprint density at radius 1 is 1.36 bits per heavy atom. The zero-order valence-corrected chi connectivity index (χ0v) is 11.1. The molecule has 1 fully saturated rings. The van der Waals surface area contributed by atoms with Crippen LogP contribution in [0.25, 0.3) is 0 Å². The van der Waals surface area contributed by atoms with Gasteiger partial charge in [-0.2, -0.15) is 13.2 Å². The summed E-state index contributed by atoms with van der Waals surface area (Å²) in [6.45, 7) is -0.103. The van der Waals surface area contributed by atoms with E-state index in [4.69, 9.17) is 4.74 Å². The first-order valence-electron chi connectivity index (χ1n) is 6.15. The predicted molar refractivity (Wildman–Crippen MR) is 65.4 cm³/mol. The Kier molecular flexibility index (Phi) is 4.62. The molecule has 120 valence electrons. The molecule has 0 bridgehead atoms. The summed E-state index contributed by atoms with van der Waals surface area (Å²) in [6.07, 6.45) is -5.50. The molecule has 1 aromatic rings. The van der Waals surface area contributed by atoms with Crippen LogP contribution >= 0.6 is 0 Å². The lowest BCUT2D eigenvalue weighted by Gasteiger charge is -2.36. The van der Waals surface area contributed by atoms with Crippen LogP contribution in [0.15, 0.2) is 24.3 Å². The van der Waals surface area contributed by atoms with Crippen LogP contribution in [0.4, 0.5) is 18.9 Å². The second-order valence-electron chi connectivity index (χ2n) is 4.54. The maximum Gasteiger partial charge on any atom is 0.492 e. The lowest BCUT2D eigenvalue weighted by Crippen LogP contribution is -2.53. The van der Waals surface area contributed by atoms with E-state index in [9.17, 15) is 28.1 Å². The molecule has 0 N–H and O–H groups in total. The second kappa shape index (κ2) is 6.28. The van der Waals surface area contributed by atoms with Gasteiger partial charge in [-0.05, 0) is 6.07 Å². The highest BCUT2D eigenvalue weighted by atomic mass is 19.4. The van der Waals surface area contributed by atoms with Gasteiger partial charge in [-0.15, -0.1) is 5.06 Å².